The van der Waals surface area contributed by atoms with Crippen molar-refractivity contribution in [3.05, 3.63) is 143 Å². The fraction of sp³-hybridized carbons (Fsp3) is 0.143. The van der Waals surface area contributed by atoms with Crippen LogP contribution < -0.4 is 5.32 Å². The van der Waals surface area contributed by atoms with E-state index in [4.69, 9.17) is 9.15 Å². The van der Waals surface area contributed by atoms with Crippen LogP contribution in [0.15, 0.2) is 136 Å². The Labute approximate surface area is 273 Å². The first-order chi connectivity index (χ1) is 22.4. The molecule has 1 fully saturated rings. The number of nitrogens with zero attached hydrogens (tertiary/aromatic N) is 2. The van der Waals surface area contributed by atoms with Gasteiger partial charge in [0.1, 0.15) is 22.7 Å². The van der Waals surface area contributed by atoms with Gasteiger partial charge in [0.05, 0.1) is 6.42 Å². The minimum Gasteiger partial charge on any atom is -0.510 e. The number of benzene rings is 4. The summed E-state index contributed by atoms with van der Waals surface area (Å²) in [5.41, 5.74) is 3.18. The molecule has 2 atom stereocenters. The lowest BCUT2D eigenvalue weighted by molar-refractivity contribution is -0.154. The number of nitrogens with one attached hydrogen (secondary N) is 1. The maximum absolute atomic E-state index is 13.9. The van der Waals surface area contributed by atoms with Crippen LogP contribution in [0, 0.1) is 0 Å². The number of amides is 2. The van der Waals surface area contributed by atoms with Crippen molar-refractivity contribution in [2.24, 2.45) is 0 Å². The van der Waals surface area contributed by atoms with Gasteiger partial charge < -0.3 is 19.6 Å². The second-order valence-corrected chi connectivity index (χ2v) is 12.7. The number of hydrogen-bond acceptors (Lipinski definition) is 9. The minimum absolute atomic E-state index is 0.0693. The molecule has 1 aromatic heterocycles. The summed E-state index contributed by atoms with van der Waals surface area (Å²) in [6.07, 6.45) is -0.734. The van der Waals surface area contributed by atoms with Crippen molar-refractivity contribution in [1.29, 1.82) is 0 Å². The lowest BCUT2D eigenvalue weighted by Gasteiger charge is -2.46. The Kier molecular flexibility index (Phi) is 9.41. The summed E-state index contributed by atoms with van der Waals surface area (Å²) < 4.78 is 11.9. The maximum atomic E-state index is 13.9. The number of esters is 1. The average Bonchev–Trinajstić information content (AvgIpc) is 3.50. The average molecular weight is 652 g/mol. The monoisotopic (exact) mass is 651 g/mol. The number of rotatable bonds is 11. The van der Waals surface area contributed by atoms with E-state index in [2.05, 4.69) is 10.3 Å². The van der Waals surface area contributed by atoms with Crippen LogP contribution in [0.25, 0.3) is 11.1 Å². The van der Waals surface area contributed by atoms with Crippen LogP contribution >= 0.6 is 21.6 Å². The fourth-order valence-corrected chi connectivity index (χ4v) is 7.46. The van der Waals surface area contributed by atoms with Gasteiger partial charge in [0.2, 0.25) is 5.91 Å². The molecule has 0 radical (unpaired) electrons. The number of aliphatic hydroxyl groups is 1. The number of hydrogen-bond donors (Lipinski definition) is 2. The third-order valence-electron chi connectivity index (χ3n) is 7.27. The number of aliphatic hydroxyl groups excluding tert-OH is 1. The van der Waals surface area contributed by atoms with E-state index < -0.39 is 35.2 Å². The normalized spacial score (nSPS) is 16.6. The molecule has 0 unspecified atom stereocenters. The van der Waals surface area contributed by atoms with Crippen molar-refractivity contribution in [3.8, 4) is 0 Å². The highest BCUT2D eigenvalue weighted by Gasteiger charge is 2.53. The number of aromatic nitrogens is 1. The largest absolute Gasteiger partial charge is 0.510 e. The van der Waals surface area contributed by atoms with E-state index in [1.807, 2.05) is 109 Å². The Morgan fingerprint density at radius 3 is 2.11 bits per heavy atom. The Morgan fingerprint density at radius 2 is 1.50 bits per heavy atom. The molecular weight excluding hydrogens is 623 g/mol. The Morgan fingerprint density at radius 1 is 0.913 bits per heavy atom. The molecule has 4 aromatic carbocycles. The fourth-order valence-electron chi connectivity index (χ4n) is 5.08. The third-order valence-corrected chi connectivity index (χ3v) is 9.67. The molecule has 11 heteroatoms. The van der Waals surface area contributed by atoms with Crippen LogP contribution in [-0.4, -0.2) is 44.2 Å². The molecule has 9 nitrogen and oxygen atoms in total. The van der Waals surface area contributed by atoms with Crippen molar-refractivity contribution in [3.63, 3.8) is 0 Å². The van der Waals surface area contributed by atoms with Gasteiger partial charge >= 0.3 is 5.97 Å². The van der Waals surface area contributed by atoms with Crippen molar-refractivity contribution < 1.29 is 28.6 Å². The lowest BCUT2D eigenvalue weighted by atomic mass is 10.0. The highest BCUT2D eigenvalue weighted by Crippen LogP contribution is 2.44. The van der Waals surface area contributed by atoms with Crippen molar-refractivity contribution in [2.45, 2.75) is 36.1 Å². The quantitative estimate of drug-likeness (QED) is 0.0536. The summed E-state index contributed by atoms with van der Waals surface area (Å²) in [7, 11) is 2.33. The number of ether oxygens (including phenoxy) is 1. The number of allylic oxidation sites excluding steroid dienone is 1. The zero-order valence-corrected chi connectivity index (χ0v) is 26.2. The van der Waals surface area contributed by atoms with Crippen LogP contribution in [0.2, 0.25) is 0 Å². The summed E-state index contributed by atoms with van der Waals surface area (Å²) in [4.78, 5) is 46.2. The summed E-state index contributed by atoms with van der Waals surface area (Å²) in [5.74, 6) is -2.21. The maximum Gasteiger partial charge on any atom is 0.359 e. The van der Waals surface area contributed by atoms with Crippen LogP contribution in [0.4, 0.5) is 0 Å². The van der Waals surface area contributed by atoms with Crippen LogP contribution in [0.1, 0.15) is 29.7 Å². The van der Waals surface area contributed by atoms with Gasteiger partial charge in [0.25, 0.3) is 11.1 Å². The number of para-hydroxylation sites is 2. The van der Waals surface area contributed by atoms with Gasteiger partial charge in [-0.1, -0.05) is 114 Å². The standard InChI is InChI=1S/C35H29N3O6S2/c1-22(39)30(34(42)44-31(24-15-7-3-8-16-24)25-17-9-4-10-18-25)38-32(41)29(37-28(40)21-23-13-5-2-6-14-23)33(38)45-46-35-36-26-19-11-12-20-27(26)43-35/h2-20,29,31,33,39H,21H2,1H3,(H,37,40)/b30-22-/t29-,33-/m1/s1. The summed E-state index contributed by atoms with van der Waals surface area (Å²) in [6, 6.07) is 33.9. The van der Waals surface area contributed by atoms with E-state index >= 15 is 0 Å². The number of fused-ring (bicyclic) bond motifs is 1. The molecule has 2 N–H and O–H groups in total. The van der Waals surface area contributed by atoms with Gasteiger partial charge in [-0.2, -0.15) is 0 Å². The molecule has 0 spiro atoms. The van der Waals surface area contributed by atoms with E-state index in [0.29, 0.717) is 16.3 Å². The number of carbonyl (C=O) groups excluding carboxylic acids is 3. The topological polar surface area (TPSA) is 122 Å². The van der Waals surface area contributed by atoms with E-state index in [-0.39, 0.29) is 18.0 Å². The second-order valence-electron chi connectivity index (χ2n) is 10.5. The third kappa shape index (κ3) is 6.80. The lowest BCUT2D eigenvalue weighted by Crippen LogP contribution is -2.69. The van der Waals surface area contributed by atoms with Gasteiger partial charge in [0.15, 0.2) is 17.4 Å². The van der Waals surface area contributed by atoms with Gasteiger partial charge in [-0.3, -0.25) is 14.5 Å². The highest BCUT2D eigenvalue weighted by molar-refractivity contribution is 8.76. The Balaban J connectivity index is 1.26. The van der Waals surface area contributed by atoms with Crippen LogP contribution in [0.3, 0.4) is 0 Å². The molecule has 1 aliphatic rings. The zero-order chi connectivity index (χ0) is 32.0. The molecule has 5 aromatic rings. The van der Waals surface area contributed by atoms with E-state index in [9.17, 15) is 19.5 Å². The van der Waals surface area contributed by atoms with E-state index in [1.165, 1.54) is 22.6 Å². The molecule has 0 saturated carbocycles. The first kappa shape index (κ1) is 31.0. The van der Waals surface area contributed by atoms with Crippen LogP contribution in [0.5, 0.6) is 0 Å². The molecule has 2 heterocycles. The van der Waals surface area contributed by atoms with E-state index in [0.717, 1.165) is 27.5 Å². The predicted octanol–water partition coefficient (Wildman–Crippen LogP) is 6.59. The molecule has 2 amide bonds. The summed E-state index contributed by atoms with van der Waals surface area (Å²) >= 11 is 0. The number of carbonyl (C=O) groups is 3. The SMILES string of the molecule is C/C(O)=C(\C(=O)OC(c1ccccc1)c1ccccc1)N1C(=O)[C@@H](NC(=O)Cc2ccccc2)[C@H]1SSc1nc2ccccc2o1. The van der Waals surface area contributed by atoms with Crippen LogP contribution in [-0.2, 0) is 25.5 Å². The molecule has 0 aliphatic carbocycles. The summed E-state index contributed by atoms with van der Waals surface area (Å²) in [6.45, 7) is 1.32. The first-order valence-corrected chi connectivity index (χ1v) is 16.7. The first-order valence-electron chi connectivity index (χ1n) is 14.4. The van der Waals surface area contributed by atoms with Crippen molar-refractivity contribution in [1.82, 2.24) is 15.2 Å². The molecule has 46 heavy (non-hydrogen) atoms. The molecular formula is C35H29N3O6S2. The number of β-lactam (4-membered cyclic amide) rings is 1. The number of oxazole rings is 1. The van der Waals surface area contributed by atoms with E-state index in [1.54, 1.807) is 6.07 Å². The van der Waals surface area contributed by atoms with Crippen molar-refractivity contribution in [2.75, 3.05) is 0 Å². The smallest absolute Gasteiger partial charge is 0.359 e. The van der Waals surface area contributed by atoms with Gasteiger partial charge in [-0.05, 0) is 35.7 Å². The summed E-state index contributed by atoms with van der Waals surface area (Å²) in [5, 5.41) is 13.1. The van der Waals surface area contributed by atoms with Gasteiger partial charge in [0, 0.05) is 10.8 Å². The van der Waals surface area contributed by atoms with Gasteiger partial charge in [-0.25, -0.2) is 9.78 Å². The predicted molar refractivity (Wildman–Crippen MR) is 176 cm³/mol. The Bertz CT molecular complexity index is 1810. The Hall–Kier alpha value is -5.00. The molecule has 1 aliphatic heterocycles. The van der Waals surface area contributed by atoms with Gasteiger partial charge in [-0.15, -0.1) is 0 Å². The molecule has 1 saturated heterocycles. The van der Waals surface area contributed by atoms with Crippen molar-refractivity contribution >= 4 is 50.5 Å². The second kappa shape index (κ2) is 14.0. The molecule has 6 rings (SSSR count). The highest BCUT2D eigenvalue weighted by atomic mass is 33.1. The molecule has 0 bridgehead atoms. The minimum atomic E-state index is -0.987. The zero-order valence-electron chi connectivity index (χ0n) is 24.6. The number of likely N-dealkylation sites (tertiary alicyclic amines) is 1. The molecule has 232 valence electrons.